The number of furan rings is 1. The summed E-state index contributed by atoms with van der Waals surface area (Å²) in [6.45, 7) is 0. The van der Waals surface area contributed by atoms with E-state index in [0.717, 1.165) is 0 Å². The first-order chi connectivity index (χ1) is 7.20. The van der Waals surface area contributed by atoms with Crippen molar-refractivity contribution in [1.82, 2.24) is 0 Å². The molecule has 1 aromatic heterocycles. The van der Waals surface area contributed by atoms with E-state index in [1.807, 2.05) is 0 Å². The molecule has 0 aliphatic carbocycles. The molecule has 0 spiro atoms. The minimum absolute atomic E-state index is 0.0324. The molecule has 78 valence electrons. The summed E-state index contributed by atoms with van der Waals surface area (Å²) in [4.78, 5) is 10.2. The number of carbonyl (C=O) groups is 1. The van der Waals surface area contributed by atoms with Gasteiger partial charge in [-0.05, 0) is 18.2 Å². The van der Waals surface area contributed by atoms with Crippen molar-refractivity contribution in [3.63, 3.8) is 0 Å². The van der Waals surface area contributed by atoms with E-state index in [9.17, 15) is 4.79 Å². The van der Waals surface area contributed by atoms with Crippen LogP contribution >= 0.6 is 0 Å². The summed E-state index contributed by atoms with van der Waals surface area (Å²) in [6.07, 6.45) is 1.41. The molecule has 2 rings (SSSR count). The zero-order chi connectivity index (χ0) is 11.1. The SMILES string of the molecule is O=C(O)c1ccccc1.Oc1ccco1. The number of hydrogen-bond acceptors (Lipinski definition) is 3. The Kier molecular flexibility index (Phi) is 3.97. The first-order valence-corrected chi connectivity index (χ1v) is 4.21. The molecule has 1 heterocycles. The minimum atomic E-state index is -0.879. The van der Waals surface area contributed by atoms with Gasteiger partial charge in [0, 0.05) is 6.07 Å². The first-order valence-electron chi connectivity index (χ1n) is 4.21. The highest BCUT2D eigenvalue weighted by atomic mass is 16.5. The number of rotatable bonds is 1. The van der Waals surface area contributed by atoms with Crippen LogP contribution in [0.5, 0.6) is 5.95 Å². The van der Waals surface area contributed by atoms with Gasteiger partial charge in [0.1, 0.15) is 0 Å². The molecule has 2 aromatic rings. The number of carboxylic acid groups (broad SMARTS) is 1. The summed E-state index contributed by atoms with van der Waals surface area (Å²) in [7, 11) is 0. The summed E-state index contributed by atoms with van der Waals surface area (Å²) >= 11 is 0. The second-order valence-electron chi connectivity index (χ2n) is 2.62. The monoisotopic (exact) mass is 206 g/mol. The van der Waals surface area contributed by atoms with E-state index in [0.29, 0.717) is 5.56 Å². The Morgan fingerprint density at radius 2 is 1.73 bits per heavy atom. The van der Waals surface area contributed by atoms with E-state index in [1.54, 1.807) is 36.4 Å². The molecular weight excluding hydrogens is 196 g/mol. The highest BCUT2D eigenvalue weighted by Crippen LogP contribution is 2.04. The van der Waals surface area contributed by atoms with Crippen molar-refractivity contribution < 1.29 is 19.4 Å². The number of carboxylic acids is 1. The Morgan fingerprint density at radius 1 is 1.07 bits per heavy atom. The largest absolute Gasteiger partial charge is 0.481 e. The van der Waals surface area contributed by atoms with Crippen LogP contribution in [0, 0.1) is 0 Å². The van der Waals surface area contributed by atoms with Gasteiger partial charge in [-0.15, -0.1) is 0 Å². The molecule has 1 aromatic carbocycles. The van der Waals surface area contributed by atoms with Crippen LogP contribution in [0.3, 0.4) is 0 Å². The maximum absolute atomic E-state index is 10.2. The highest BCUT2D eigenvalue weighted by Gasteiger charge is 1.96. The minimum Gasteiger partial charge on any atom is -0.481 e. The van der Waals surface area contributed by atoms with Crippen molar-refractivity contribution in [3.05, 3.63) is 54.3 Å². The van der Waals surface area contributed by atoms with Crippen LogP contribution in [-0.4, -0.2) is 16.2 Å². The zero-order valence-electron chi connectivity index (χ0n) is 7.83. The molecule has 15 heavy (non-hydrogen) atoms. The second-order valence-corrected chi connectivity index (χ2v) is 2.62. The summed E-state index contributed by atoms with van der Waals surface area (Å²) < 4.78 is 4.39. The second kappa shape index (κ2) is 5.49. The standard InChI is InChI=1S/C7H6O2.C4H4O2/c8-7(9)6-4-2-1-3-5-6;5-4-2-1-3-6-4/h1-5H,(H,8,9);1-3,5H. The Labute approximate surface area is 86.4 Å². The molecule has 0 aliphatic heterocycles. The molecule has 4 heteroatoms. The molecule has 0 radical (unpaired) electrons. The lowest BCUT2D eigenvalue weighted by Gasteiger charge is -1.88. The van der Waals surface area contributed by atoms with Crippen LogP contribution in [0.25, 0.3) is 0 Å². The molecule has 0 atom stereocenters. The fourth-order valence-electron chi connectivity index (χ4n) is 0.851. The van der Waals surface area contributed by atoms with Gasteiger partial charge in [-0.2, -0.15) is 0 Å². The van der Waals surface area contributed by atoms with Crippen molar-refractivity contribution >= 4 is 5.97 Å². The van der Waals surface area contributed by atoms with E-state index in [1.165, 1.54) is 12.3 Å². The van der Waals surface area contributed by atoms with E-state index >= 15 is 0 Å². The fourth-order valence-corrected chi connectivity index (χ4v) is 0.851. The van der Waals surface area contributed by atoms with Gasteiger partial charge >= 0.3 is 5.97 Å². The average molecular weight is 206 g/mol. The third-order valence-electron chi connectivity index (χ3n) is 1.53. The van der Waals surface area contributed by atoms with Crippen LogP contribution in [0.4, 0.5) is 0 Å². The average Bonchev–Trinajstić information content (AvgIpc) is 2.71. The van der Waals surface area contributed by atoms with Gasteiger partial charge in [-0.3, -0.25) is 0 Å². The molecular formula is C11H10O4. The summed E-state index contributed by atoms with van der Waals surface area (Å²) in [6, 6.07) is 11.4. The Hall–Kier alpha value is -2.23. The number of aromatic carboxylic acids is 1. The molecule has 0 amide bonds. The lowest BCUT2D eigenvalue weighted by molar-refractivity contribution is 0.0697. The predicted molar refractivity (Wildman–Crippen MR) is 53.8 cm³/mol. The quantitative estimate of drug-likeness (QED) is 0.751. The lowest BCUT2D eigenvalue weighted by Crippen LogP contribution is -1.93. The highest BCUT2D eigenvalue weighted by molar-refractivity contribution is 5.87. The Morgan fingerprint density at radius 3 is 2.00 bits per heavy atom. The third kappa shape index (κ3) is 3.99. The number of aromatic hydroxyl groups is 1. The zero-order valence-corrected chi connectivity index (χ0v) is 7.83. The fraction of sp³-hybridized carbons (Fsp3) is 0. The van der Waals surface area contributed by atoms with Crippen molar-refractivity contribution in [2.75, 3.05) is 0 Å². The van der Waals surface area contributed by atoms with Crippen LogP contribution in [0.2, 0.25) is 0 Å². The van der Waals surface area contributed by atoms with Gasteiger partial charge in [-0.1, -0.05) is 18.2 Å². The van der Waals surface area contributed by atoms with Gasteiger partial charge in [-0.25, -0.2) is 4.79 Å². The predicted octanol–water partition coefficient (Wildman–Crippen LogP) is 2.37. The van der Waals surface area contributed by atoms with Crippen molar-refractivity contribution in [2.45, 2.75) is 0 Å². The van der Waals surface area contributed by atoms with Crippen molar-refractivity contribution in [2.24, 2.45) is 0 Å². The topological polar surface area (TPSA) is 70.7 Å². The summed E-state index contributed by atoms with van der Waals surface area (Å²) in [5.74, 6) is -0.911. The van der Waals surface area contributed by atoms with Crippen LogP contribution < -0.4 is 0 Å². The lowest BCUT2D eigenvalue weighted by atomic mass is 10.2. The van der Waals surface area contributed by atoms with Crippen LogP contribution in [-0.2, 0) is 0 Å². The molecule has 0 unspecified atom stereocenters. The Balaban J connectivity index is 0.000000162. The van der Waals surface area contributed by atoms with E-state index < -0.39 is 5.97 Å². The van der Waals surface area contributed by atoms with Gasteiger partial charge in [0.05, 0.1) is 11.8 Å². The summed E-state index contributed by atoms with van der Waals surface area (Å²) in [5, 5.41) is 16.7. The van der Waals surface area contributed by atoms with Crippen molar-refractivity contribution in [1.29, 1.82) is 0 Å². The molecule has 0 aliphatic rings. The maximum Gasteiger partial charge on any atom is 0.335 e. The summed E-state index contributed by atoms with van der Waals surface area (Å²) in [5.41, 5.74) is 0.331. The molecule has 0 bridgehead atoms. The normalized spacial score (nSPS) is 8.80. The van der Waals surface area contributed by atoms with Crippen molar-refractivity contribution in [3.8, 4) is 5.95 Å². The van der Waals surface area contributed by atoms with E-state index in [-0.39, 0.29) is 5.95 Å². The molecule has 2 N–H and O–H groups in total. The Bertz CT molecular complexity index is 392. The molecule has 0 saturated heterocycles. The van der Waals surface area contributed by atoms with Gasteiger partial charge in [0.2, 0.25) is 0 Å². The number of benzene rings is 1. The van der Waals surface area contributed by atoms with Gasteiger partial charge < -0.3 is 14.6 Å². The van der Waals surface area contributed by atoms with Gasteiger partial charge in [0.15, 0.2) is 0 Å². The smallest absolute Gasteiger partial charge is 0.335 e. The molecule has 0 saturated carbocycles. The molecule has 0 fully saturated rings. The van der Waals surface area contributed by atoms with Gasteiger partial charge in [0.25, 0.3) is 5.95 Å². The number of hydrogen-bond donors (Lipinski definition) is 2. The van der Waals surface area contributed by atoms with Crippen LogP contribution in [0.1, 0.15) is 10.4 Å². The molecule has 4 nitrogen and oxygen atoms in total. The third-order valence-corrected chi connectivity index (χ3v) is 1.53. The first kappa shape index (κ1) is 10.8. The van der Waals surface area contributed by atoms with E-state index in [2.05, 4.69) is 4.42 Å². The maximum atomic E-state index is 10.2. The van der Waals surface area contributed by atoms with E-state index in [4.69, 9.17) is 10.2 Å². The van der Waals surface area contributed by atoms with Crippen LogP contribution in [0.15, 0.2) is 53.1 Å².